The molecule has 1 aromatic carbocycles. The highest BCUT2D eigenvalue weighted by atomic mass is 19.1. The van der Waals surface area contributed by atoms with E-state index in [1.165, 1.54) is 12.1 Å². The standard InChI is InChI=1S/C19H22FN3O2/c1-19(2)12-23(7-8-25-19)11-14-10-22-17(18(21)24)9-16(14)13-3-5-15(20)6-4-13/h3-6,9-10H,7-8,11-12H2,1-2H3,(H2,21,24). The van der Waals surface area contributed by atoms with Crippen LogP contribution in [0.2, 0.25) is 0 Å². The highest BCUT2D eigenvalue weighted by Crippen LogP contribution is 2.27. The summed E-state index contributed by atoms with van der Waals surface area (Å²) in [5.74, 6) is -0.883. The number of nitrogens with two attached hydrogens (primary N) is 1. The summed E-state index contributed by atoms with van der Waals surface area (Å²) >= 11 is 0. The Hall–Kier alpha value is -2.31. The van der Waals surface area contributed by atoms with Crippen molar-refractivity contribution in [3.05, 3.63) is 53.6 Å². The fourth-order valence-corrected chi connectivity index (χ4v) is 3.13. The van der Waals surface area contributed by atoms with Gasteiger partial charge in [0.15, 0.2) is 0 Å². The van der Waals surface area contributed by atoms with Gasteiger partial charge >= 0.3 is 0 Å². The van der Waals surface area contributed by atoms with Gasteiger partial charge in [0.05, 0.1) is 12.2 Å². The first kappa shape index (κ1) is 17.5. The molecule has 0 aliphatic carbocycles. The molecule has 1 amide bonds. The van der Waals surface area contributed by atoms with E-state index < -0.39 is 5.91 Å². The van der Waals surface area contributed by atoms with Gasteiger partial charge in [0, 0.05) is 25.8 Å². The fraction of sp³-hybridized carbons (Fsp3) is 0.368. The van der Waals surface area contributed by atoms with Gasteiger partial charge in [0.2, 0.25) is 0 Å². The van der Waals surface area contributed by atoms with Crippen molar-refractivity contribution in [1.82, 2.24) is 9.88 Å². The van der Waals surface area contributed by atoms with Gasteiger partial charge in [-0.1, -0.05) is 12.1 Å². The zero-order valence-electron chi connectivity index (χ0n) is 14.5. The van der Waals surface area contributed by atoms with Crippen LogP contribution in [-0.2, 0) is 11.3 Å². The minimum Gasteiger partial charge on any atom is -0.373 e. The maximum atomic E-state index is 13.3. The number of ether oxygens (including phenoxy) is 1. The Morgan fingerprint density at radius 2 is 2.08 bits per heavy atom. The summed E-state index contributed by atoms with van der Waals surface area (Å²) in [5.41, 5.74) is 8.00. The summed E-state index contributed by atoms with van der Waals surface area (Å²) in [7, 11) is 0. The Balaban J connectivity index is 1.95. The molecule has 0 saturated carbocycles. The molecule has 1 saturated heterocycles. The number of hydrogen-bond donors (Lipinski definition) is 1. The van der Waals surface area contributed by atoms with Crippen molar-refractivity contribution in [3.8, 4) is 11.1 Å². The van der Waals surface area contributed by atoms with Crippen molar-refractivity contribution in [1.29, 1.82) is 0 Å². The number of halogens is 1. The third-order valence-corrected chi connectivity index (χ3v) is 4.29. The second-order valence-electron chi connectivity index (χ2n) is 6.92. The molecule has 5 nitrogen and oxygen atoms in total. The number of pyridine rings is 1. The van der Waals surface area contributed by atoms with Gasteiger partial charge in [0.1, 0.15) is 11.5 Å². The fourth-order valence-electron chi connectivity index (χ4n) is 3.13. The van der Waals surface area contributed by atoms with E-state index >= 15 is 0 Å². The van der Waals surface area contributed by atoms with E-state index in [2.05, 4.69) is 23.7 Å². The highest BCUT2D eigenvalue weighted by Gasteiger charge is 2.27. The lowest BCUT2D eigenvalue weighted by Crippen LogP contribution is -2.47. The maximum Gasteiger partial charge on any atom is 0.267 e. The Kier molecular flexibility index (Phi) is 4.83. The minimum absolute atomic E-state index is 0.199. The number of carbonyl (C=O) groups is 1. The van der Waals surface area contributed by atoms with Gasteiger partial charge in [-0.15, -0.1) is 0 Å². The molecule has 2 heterocycles. The number of amides is 1. The van der Waals surface area contributed by atoms with Crippen LogP contribution in [0, 0.1) is 5.82 Å². The summed E-state index contributed by atoms with van der Waals surface area (Å²) in [6.07, 6.45) is 1.68. The summed E-state index contributed by atoms with van der Waals surface area (Å²) < 4.78 is 19.0. The Morgan fingerprint density at radius 3 is 2.72 bits per heavy atom. The average Bonchev–Trinajstić information content (AvgIpc) is 2.55. The van der Waals surface area contributed by atoms with Crippen LogP contribution in [0.4, 0.5) is 4.39 Å². The van der Waals surface area contributed by atoms with Gasteiger partial charge in [-0.25, -0.2) is 4.39 Å². The molecular formula is C19H22FN3O2. The third kappa shape index (κ3) is 4.21. The molecule has 1 aliphatic heterocycles. The number of carbonyl (C=O) groups excluding carboxylic acids is 1. The number of primary amides is 1. The number of benzene rings is 1. The van der Waals surface area contributed by atoms with Crippen LogP contribution in [-0.4, -0.2) is 41.1 Å². The molecule has 2 N–H and O–H groups in total. The van der Waals surface area contributed by atoms with Gasteiger partial charge in [0.25, 0.3) is 5.91 Å². The van der Waals surface area contributed by atoms with Crippen LogP contribution >= 0.6 is 0 Å². The third-order valence-electron chi connectivity index (χ3n) is 4.29. The van der Waals surface area contributed by atoms with E-state index in [9.17, 15) is 9.18 Å². The number of aromatic nitrogens is 1. The van der Waals surface area contributed by atoms with Crippen LogP contribution in [0.15, 0.2) is 36.5 Å². The molecule has 0 spiro atoms. The Morgan fingerprint density at radius 1 is 1.36 bits per heavy atom. The van der Waals surface area contributed by atoms with E-state index in [0.29, 0.717) is 13.2 Å². The molecule has 0 unspecified atom stereocenters. The second-order valence-corrected chi connectivity index (χ2v) is 6.92. The largest absolute Gasteiger partial charge is 0.373 e. The van der Waals surface area contributed by atoms with E-state index in [-0.39, 0.29) is 17.1 Å². The van der Waals surface area contributed by atoms with Crippen LogP contribution in [0.25, 0.3) is 11.1 Å². The van der Waals surface area contributed by atoms with Crippen molar-refractivity contribution in [2.24, 2.45) is 5.73 Å². The molecule has 6 heteroatoms. The molecule has 0 atom stereocenters. The van der Waals surface area contributed by atoms with Crippen molar-refractivity contribution in [3.63, 3.8) is 0 Å². The molecule has 1 aliphatic rings. The molecule has 25 heavy (non-hydrogen) atoms. The number of hydrogen-bond acceptors (Lipinski definition) is 4. The van der Waals surface area contributed by atoms with Crippen molar-refractivity contribution >= 4 is 5.91 Å². The Bertz CT molecular complexity index is 775. The molecule has 2 aromatic rings. The Labute approximate surface area is 146 Å². The lowest BCUT2D eigenvalue weighted by Gasteiger charge is -2.38. The van der Waals surface area contributed by atoms with Gasteiger partial charge < -0.3 is 10.5 Å². The molecule has 1 fully saturated rings. The van der Waals surface area contributed by atoms with Gasteiger partial charge in [-0.05, 0) is 48.7 Å². The van der Waals surface area contributed by atoms with E-state index in [4.69, 9.17) is 10.5 Å². The quantitative estimate of drug-likeness (QED) is 0.926. The lowest BCUT2D eigenvalue weighted by atomic mass is 9.99. The van der Waals surface area contributed by atoms with Crippen molar-refractivity contribution in [2.75, 3.05) is 19.7 Å². The summed E-state index contributed by atoms with van der Waals surface area (Å²) in [4.78, 5) is 18.0. The summed E-state index contributed by atoms with van der Waals surface area (Å²) in [6.45, 7) is 7.09. The zero-order valence-corrected chi connectivity index (χ0v) is 14.5. The first-order chi connectivity index (χ1) is 11.8. The van der Waals surface area contributed by atoms with Gasteiger partial charge in [-0.2, -0.15) is 0 Å². The van der Waals surface area contributed by atoms with Crippen LogP contribution in [0.3, 0.4) is 0 Å². The second kappa shape index (κ2) is 6.90. The lowest BCUT2D eigenvalue weighted by molar-refractivity contribution is -0.0882. The van der Waals surface area contributed by atoms with E-state index in [0.717, 1.165) is 29.8 Å². The summed E-state index contributed by atoms with van der Waals surface area (Å²) in [6, 6.07) is 7.88. The van der Waals surface area contributed by atoms with Crippen LogP contribution < -0.4 is 5.73 Å². The number of nitrogens with zero attached hydrogens (tertiary/aromatic N) is 2. The maximum absolute atomic E-state index is 13.3. The monoisotopic (exact) mass is 343 g/mol. The molecule has 0 radical (unpaired) electrons. The van der Waals surface area contributed by atoms with E-state index in [1.54, 1.807) is 24.4 Å². The van der Waals surface area contributed by atoms with Crippen LogP contribution in [0.1, 0.15) is 29.9 Å². The summed E-state index contributed by atoms with van der Waals surface area (Å²) in [5, 5.41) is 0. The number of rotatable bonds is 4. The van der Waals surface area contributed by atoms with E-state index in [1.807, 2.05) is 0 Å². The topological polar surface area (TPSA) is 68.5 Å². The smallest absolute Gasteiger partial charge is 0.267 e. The highest BCUT2D eigenvalue weighted by molar-refractivity contribution is 5.92. The normalized spacial score (nSPS) is 17.4. The molecule has 3 rings (SSSR count). The predicted octanol–water partition coefficient (Wildman–Crippen LogP) is 2.60. The van der Waals surface area contributed by atoms with Crippen molar-refractivity contribution < 1.29 is 13.9 Å². The average molecular weight is 343 g/mol. The molecular weight excluding hydrogens is 321 g/mol. The van der Waals surface area contributed by atoms with Crippen molar-refractivity contribution in [2.45, 2.75) is 26.0 Å². The molecule has 1 aromatic heterocycles. The van der Waals surface area contributed by atoms with Crippen LogP contribution in [0.5, 0.6) is 0 Å². The SMILES string of the molecule is CC1(C)CN(Cc2cnc(C(N)=O)cc2-c2ccc(F)cc2)CCO1. The predicted molar refractivity (Wildman–Crippen MR) is 93.5 cm³/mol. The minimum atomic E-state index is -0.581. The first-order valence-electron chi connectivity index (χ1n) is 8.25. The number of morpholine rings is 1. The first-order valence-corrected chi connectivity index (χ1v) is 8.25. The van der Waals surface area contributed by atoms with Gasteiger partial charge in [-0.3, -0.25) is 14.7 Å². The molecule has 0 bridgehead atoms. The zero-order chi connectivity index (χ0) is 18.0. The molecule has 132 valence electrons.